The van der Waals surface area contributed by atoms with Crippen molar-refractivity contribution in [3.63, 3.8) is 0 Å². The smallest absolute Gasteiger partial charge is 0.305 e. The predicted molar refractivity (Wildman–Crippen MR) is 77.2 cm³/mol. The molecule has 0 aliphatic rings. The molecule has 1 aromatic carbocycles. The average Bonchev–Trinajstić information content (AvgIpc) is 2.86. The maximum atomic E-state index is 12.5. The highest BCUT2D eigenvalue weighted by Gasteiger charge is 2.20. The van der Waals surface area contributed by atoms with Gasteiger partial charge in [0.15, 0.2) is 0 Å². The van der Waals surface area contributed by atoms with E-state index in [9.17, 15) is 9.59 Å². The fourth-order valence-electron chi connectivity index (χ4n) is 1.76. The lowest BCUT2D eigenvalue weighted by Gasteiger charge is -2.21. The third-order valence-electron chi connectivity index (χ3n) is 2.69. The highest BCUT2D eigenvalue weighted by atomic mass is 32.1. The number of thiazole rings is 1. The summed E-state index contributed by atoms with van der Waals surface area (Å²) in [6, 6.07) is 9.05. The molecule has 0 bridgehead atoms. The standard InChI is InChI=1S/C14H14N2O3S/c1-10-15-9-12(20-10)14(19)16(8-7-13(17)18)11-5-3-2-4-6-11/h2-6,9H,7-8H2,1H3,(H,17,18). The number of anilines is 1. The Labute approximate surface area is 120 Å². The van der Waals surface area contributed by atoms with Gasteiger partial charge in [0.2, 0.25) is 0 Å². The van der Waals surface area contributed by atoms with E-state index >= 15 is 0 Å². The number of carboxylic acid groups (broad SMARTS) is 1. The van der Waals surface area contributed by atoms with Crippen LogP contribution in [0.25, 0.3) is 0 Å². The van der Waals surface area contributed by atoms with Crippen LogP contribution in [0.5, 0.6) is 0 Å². The summed E-state index contributed by atoms with van der Waals surface area (Å²) < 4.78 is 0. The van der Waals surface area contributed by atoms with E-state index in [-0.39, 0.29) is 18.9 Å². The Bertz CT molecular complexity index is 610. The van der Waals surface area contributed by atoms with Crippen LogP contribution < -0.4 is 4.90 Å². The molecular formula is C14H14N2O3S. The minimum absolute atomic E-state index is 0.0988. The fraction of sp³-hybridized carbons (Fsp3) is 0.214. The fourth-order valence-corrected chi connectivity index (χ4v) is 2.48. The first-order valence-corrected chi connectivity index (χ1v) is 6.90. The molecule has 0 saturated heterocycles. The normalized spacial score (nSPS) is 10.2. The number of aryl methyl sites for hydroxylation is 1. The summed E-state index contributed by atoms with van der Waals surface area (Å²) in [6.07, 6.45) is 1.43. The molecule has 104 valence electrons. The zero-order valence-electron chi connectivity index (χ0n) is 10.9. The van der Waals surface area contributed by atoms with Crippen LogP contribution in [-0.4, -0.2) is 28.5 Å². The molecule has 0 unspecified atom stereocenters. The Morgan fingerprint density at radius 3 is 2.55 bits per heavy atom. The van der Waals surface area contributed by atoms with Crippen LogP contribution >= 0.6 is 11.3 Å². The van der Waals surface area contributed by atoms with E-state index in [1.807, 2.05) is 25.1 Å². The van der Waals surface area contributed by atoms with Crippen molar-refractivity contribution in [1.82, 2.24) is 4.98 Å². The SMILES string of the molecule is Cc1ncc(C(=O)N(CCC(=O)O)c2ccccc2)s1. The zero-order chi connectivity index (χ0) is 14.5. The number of hydrogen-bond acceptors (Lipinski definition) is 4. The van der Waals surface area contributed by atoms with Gasteiger partial charge in [-0.3, -0.25) is 9.59 Å². The van der Waals surface area contributed by atoms with Crippen molar-refractivity contribution in [2.45, 2.75) is 13.3 Å². The van der Waals surface area contributed by atoms with Gasteiger partial charge < -0.3 is 10.0 Å². The van der Waals surface area contributed by atoms with Crippen molar-refractivity contribution in [3.8, 4) is 0 Å². The monoisotopic (exact) mass is 290 g/mol. The first kappa shape index (κ1) is 14.2. The number of hydrogen-bond donors (Lipinski definition) is 1. The molecule has 2 aromatic rings. The summed E-state index contributed by atoms with van der Waals surface area (Å²) >= 11 is 1.30. The number of aromatic nitrogens is 1. The van der Waals surface area contributed by atoms with Crippen LogP contribution in [0, 0.1) is 6.92 Å². The molecule has 2 rings (SSSR count). The molecule has 0 radical (unpaired) electrons. The van der Waals surface area contributed by atoms with Crippen molar-refractivity contribution < 1.29 is 14.7 Å². The largest absolute Gasteiger partial charge is 0.481 e. The molecule has 20 heavy (non-hydrogen) atoms. The molecule has 1 heterocycles. The zero-order valence-corrected chi connectivity index (χ0v) is 11.8. The van der Waals surface area contributed by atoms with Crippen molar-refractivity contribution in [2.24, 2.45) is 0 Å². The Hall–Kier alpha value is -2.21. The van der Waals surface area contributed by atoms with Crippen LogP contribution in [0.1, 0.15) is 21.1 Å². The molecule has 0 spiro atoms. The molecule has 1 amide bonds. The summed E-state index contributed by atoms with van der Waals surface area (Å²) in [6.45, 7) is 1.96. The number of para-hydroxylation sites is 1. The molecule has 5 nitrogen and oxygen atoms in total. The van der Waals surface area contributed by atoms with E-state index in [1.54, 1.807) is 12.1 Å². The van der Waals surface area contributed by atoms with E-state index in [4.69, 9.17) is 5.11 Å². The van der Waals surface area contributed by atoms with Crippen LogP contribution in [0.4, 0.5) is 5.69 Å². The number of carbonyl (C=O) groups excluding carboxylic acids is 1. The summed E-state index contributed by atoms with van der Waals surface area (Å²) in [4.78, 5) is 29.3. The number of carboxylic acids is 1. The lowest BCUT2D eigenvalue weighted by molar-refractivity contribution is -0.136. The van der Waals surface area contributed by atoms with Gasteiger partial charge in [-0.05, 0) is 19.1 Å². The number of benzene rings is 1. The third kappa shape index (κ3) is 3.42. The van der Waals surface area contributed by atoms with Crippen molar-refractivity contribution in [1.29, 1.82) is 0 Å². The second-order valence-corrected chi connectivity index (χ2v) is 5.41. The molecule has 0 fully saturated rings. The van der Waals surface area contributed by atoms with Gasteiger partial charge >= 0.3 is 5.97 Å². The Morgan fingerprint density at radius 2 is 2.00 bits per heavy atom. The maximum Gasteiger partial charge on any atom is 0.305 e. The minimum atomic E-state index is -0.931. The molecule has 6 heteroatoms. The highest BCUT2D eigenvalue weighted by Crippen LogP contribution is 2.20. The highest BCUT2D eigenvalue weighted by molar-refractivity contribution is 7.13. The molecular weight excluding hydrogens is 276 g/mol. The van der Waals surface area contributed by atoms with E-state index in [0.717, 1.165) is 5.01 Å². The number of carbonyl (C=O) groups is 2. The number of nitrogens with zero attached hydrogens (tertiary/aromatic N) is 2. The van der Waals surface area contributed by atoms with Gasteiger partial charge in [-0.1, -0.05) is 18.2 Å². The molecule has 1 aromatic heterocycles. The van der Waals surface area contributed by atoms with Crippen molar-refractivity contribution in [3.05, 3.63) is 46.4 Å². The van der Waals surface area contributed by atoms with Crippen LogP contribution in [0.2, 0.25) is 0 Å². The Kier molecular flexibility index (Phi) is 4.47. The quantitative estimate of drug-likeness (QED) is 0.918. The second kappa shape index (κ2) is 6.29. The van der Waals surface area contributed by atoms with E-state index < -0.39 is 5.97 Å². The van der Waals surface area contributed by atoms with Crippen molar-refractivity contribution in [2.75, 3.05) is 11.4 Å². The van der Waals surface area contributed by atoms with Crippen LogP contribution in [0.3, 0.4) is 0 Å². The van der Waals surface area contributed by atoms with E-state index in [2.05, 4.69) is 4.98 Å². The Balaban J connectivity index is 2.26. The summed E-state index contributed by atoms with van der Waals surface area (Å²) in [5, 5.41) is 9.62. The number of rotatable bonds is 5. The van der Waals surface area contributed by atoms with Gasteiger partial charge in [0.1, 0.15) is 4.88 Å². The first-order chi connectivity index (χ1) is 9.58. The lowest BCUT2D eigenvalue weighted by Crippen LogP contribution is -2.32. The molecule has 0 aliphatic heterocycles. The summed E-state index contributed by atoms with van der Waals surface area (Å²) in [5.74, 6) is -1.15. The third-order valence-corrected chi connectivity index (χ3v) is 3.60. The Morgan fingerprint density at radius 1 is 1.30 bits per heavy atom. The van der Waals surface area contributed by atoms with E-state index in [0.29, 0.717) is 10.6 Å². The molecule has 0 aliphatic carbocycles. The first-order valence-electron chi connectivity index (χ1n) is 6.09. The molecule has 0 atom stereocenters. The van der Waals surface area contributed by atoms with Gasteiger partial charge in [0.05, 0.1) is 17.6 Å². The predicted octanol–water partition coefficient (Wildman–Crippen LogP) is 2.57. The van der Waals surface area contributed by atoms with Gasteiger partial charge in [-0.15, -0.1) is 11.3 Å². The molecule has 0 saturated carbocycles. The topological polar surface area (TPSA) is 70.5 Å². The average molecular weight is 290 g/mol. The van der Waals surface area contributed by atoms with Crippen LogP contribution in [-0.2, 0) is 4.79 Å². The summed E-state index contributed by atoms with van der Waals surface area (Å²) in [5.41, 5.74) is 0.685. The molecule has 1 N–H and O–H groups in total. The number of amides is 1. The van der Waals surface area contributed by atoms with Gasteiger partial charge in [0, 0.05) is 12.2 Å². The maximum absolute atomic E-state index is 12.5. The second-order valence-electron chi connectivity index (χ2n) is 4.18. The van der Waals surface area contributed by atoms with Gasteiger partial charge in [0.25, 0.3) is 5.91 Å². The number of aliphatic carboxylic acids is 1. The van der Waals surface area contributed by atoms with Crippen LogP contribution in [0.15, 0.2) is 36.5 Å². The lowest BCUT2D eigenvalue weighted by atomic mass is 10.2. The van der Waals surface area contributed by atoms with E-state index in [1.165, 1.54) is 22.4 Å². The van der Waals surface area contributed by atoms with Gasteiger partial charge in [-0.25, -0.2) is 4.98 Å². The summed E-state index contributed by atoms with van der Waals surface area (Å²) in [7, 11) is 0. The minimum Gasteiger partial charge on any atom is -0.481 e. The van der Waals surface area contributed by atoms with Crippen molar-refractivity contribution >= 4 is 28.9 Å². The van der Waals surface area contributed by atoms with Gasteiger partial charge in [-0.2, -0.15) is 0 Å².